The fourth-order valence-electron chi connectivity index (χ4n) is 2.92. The first-order chi connectivity index (χ1) is 13.1. The lowest BCUT2D eigenvalue weighted by Crippen LogP contribution is -2.08. The summed E-state index contributed by atoms with van der Waals surface area (Å²) in [5.41, 5.74) is 4.81. The number of carbonyl (C=O) groups excluding carboxylic acids is 1. The number of aryl methyl sites for hydroxylation is 2. The zero-order chi connectivity index (χ0) is 19.1. The molecule has 0 aromatic heterocycles. The van der Waals surface area contributed by atoms with Crippen LogP contribution in [-0.4, -0.2) is 12.6 Å². The summed E-state index contributed by atoms with van der Waals surface area (Å²) in [6, 6.07) is 24.8. The number of rotatable bonds is 7. The molecule has 3 aromatic rings. The summed E-state index contributed by atoms with van der Waals surface area (Å²) in [4.78, 5) is 12.1. The molecule has 0 aliphatic carbocycles. The van der Waals surface area contributed by atoms with E-state index in [0.29, 0.717) is 12.2 Å². The first kappa shape index (κ1) is 19.3. The van der Waals surface area contributed by atoms with Gasteiger partial charge < -0.3 is 4.74 Å². The summed E-state index contributed by atoms with van der Waals surface area (Å²) in [5, 5.41) is 1.36. The molecule has 0 heterocycles. The number of hydrogen-bond donors (Lipinski definition) is 0. The summed E-state index contributed by atoms with van der Waals surface area (Å²) in [6.45, 7) is 4.26. The molecule has 3 rings (SSSR count). The van der Waals surface area contributed by atoms with Gasteiger partial charge in [-0.15, -0.1) is 0 Å². The zero-order valence-electron chi connectivity index (χ0n) is 15.9. The highest BCUT2D eigenvalue weighted by Crippen LogP contribution is 2.23. The Morgan fingerprint density at radius 2 is 1.44 bits per heavy atom. The Labute approximate surface area is 163 Å². The Morgan fingerprint density at radius 1 is 0.852 bits per heavy atom. The van der Waals surface area contributed by atoms with Gasteiger partial charge in [0.25, 0.3) is 0 Å². The largest absolute Gasteiger partial charge is 0.427 e. The minimum atomic E-state index is -0.178. The van der Waals surface area contributed by atoms with Crippen LogP contribution in [0.3, 0.4) is 0 Å². The van der Waals surface area contributed by atoms with E-state index in [4.69, 9.17) is 4.74 Å². The number of benzene rings is 3. The molecule has 3 heteroatoms. The van der Waals surface area contributed by atoms with Gasteiger partial charge in [0.1, 0.15) is 5.75 Å². The second-order valence-electron chi connectivity index (χ2n) is 6.66. The summed E-state index contributed by atoms with van der Waals surface area (Å²) >= 11 is 0. The average Bonchev–Trinajstić information content (AvgIpc) is 2.70. The van der Waals surface area contributed by atoms with Crippen molar-refractivity contribution in [1.82, 2.24) is 0 Å². The van der Waals surface area contributed by atoms with Crippen molar-refractivity contribution in [3.63, 3.8) is 0 Å². The number of hydrogen-bond acceptors (Lipinski definition) is 2. The fourth-order valence-corrected chi connectivity index (χ4v) is 3.42. The van der Waals surface area contributed by atoms with E-state index in [-0.39, 0.29) is 5.97 Å². The van der Waals surface area contributed by atoms with E-state index in [9.17, 15) is 4.79 Å². The molecule has 0 bridgehead atoms. The molecule has 0 aliphatic rings. The normalized spacial score (nSPS) is 11.0. The Kier molecular flexibility index (Phi) is 6.79. The third-order valence-corrected chi connectivity index (χ3v) is 5.47. The first-order valence-corrected chi connectivity index (χ1v) is 10.8. The molecular formula is C24H25O2P. The van der Waals surface area contributed by atoms with Crippen LogP contribution in [-0.2, 0) is 11.2 Å². The van der Waals surface area contributed by atoms with Crippen molar-refractivity contribution in [2.75, 3.05) is 6.66 Å². The van der Waals surface area contributed by atoms with Crippen LogP contribution >= 0.6 is 8.58 Å². The molecule has 0 saturated carbocycles. The van der Waals surface area contributed by atoms with Gasteiger partial charge in [0.05, 0.1) is 0 Å². The third-order valence-electron chi connectivity index (χ3n) is 4.56. The minimum absolute atomic E-state index is 0.178. The lowest BCUT2D eigenvalue weighted by Gasteiger charge is -2.07. The monoisotopic (exact) mass is 376 g/mol. The van der Waals surface area contributed by atoms with Crippen molar-refractivity contribution in [3.8, 4) is 16.9 Å². The van der Waals surface area contributed by atoms with Gasteiger partial charge in [0.15, 0.2) is 0 Å². The predicted molar refractivity (Wildman–Crippen MR) is 116 cm³/mol. The van der Waals surface area contributed by atoms with Crippen LogP contribution in [0.1, 0.15) is 24.0 Å². The Balaban J connectivity index is 1.49. The maximum atomic E-state index is 12.1. The van der Waals surface area contributed by atoms with Crippen LogP contribution in [0.4, 0.5) is 0 Å². The number of ether oxygens (including phenoxy) is 1. The Morgan fingerprint density at radius 3 is 2.04 bits per heavy atom. The van der Waals surface area contributed by atoms with Crippen molar-refractivity contribution in [2.24, 2.45) is 0 Å². The van der Waals surface area contributed by atoms with Crippen LogP contribution in [0, 0.1) is 6.92 Å². The van der Waals surface area contributed by atoms with Crippen LogP contribution in [0.25, 0.3) is 11.1 Å². The van der Waals surface area contributed by atoms with Gasteiger partial charge in [0, 0.05) is 6.42 Å². The van der Waals surface area contributed by atoms with Crippen molar-refractivity contribution in [2.45, 2.75) is 26.2 Å². The first-order valence-electron chi connectivity index (χ1n) is 9.28. The standard InChI is InChI=1S/C24H25O2P/c1-18-6-8-19(9-7-18)4-3-5-24(25)26-22-14-10-20(11-15-22)21-12-16-23(27-2)17-13-21/h6-17,27H,3-5H2,1-2H3. The molecule has 138 valence electrons. The molecule has 0 amide bonds. The number of esters is 1. The van der Waals surface area contributed by atoms with Crippen LogP contribution in [0.2, 0.25) is 0 Å². The molecule has 0 saturated heterocycles. The van der Waals surface area contributed by atoms with E-state index >= 15 is 0 Å². The van der Waals surface area contributed by atoms with Gasteiger partial charge in [-0.05, 0) is 60.6 Å². The van der Waals surface area contributed by atoms with Crippen molar-refractivity contribution in [3.05, 3.63) is 83.9 Å². The quantitative estimate of drug-likeness (QED) is 0.308. The lowest BCUT2D eigenvalue weighted by molar-refractivity contribution is -0.134. The molecular weight excluding hydrogens is 351 g/mol. The summed E-state index contributed by atoms with van der Waals surface area (Å²) in [5.74, 6) is 0.425. The second-order valence-corrected chi connectivity index (χ2v) is 7.74. The smallest absolute Gasteiger partial charge is 0.311 e. The van der Waals surface area contributed by atoms with E-state index in [1.807, 2.05) is 24.3 Å². The fraction of sp³-hybridized carbons (Fsp3) is 0.208. The highest BCUT2D eigenvalue weighted by atomic mass is 31.1. The third kappa shape index (κ3) is 5.77. The topological polar surface area (TPSA) is 26.3 Å². The molecule has 1 unspecified atom stereocenters. The molecule has 3 aromatic carbocycles. The highest BCUT2D eigenvalue weighted by Gasteiger charge is 2.06. The number of carbonyl (C=O) groups is 1. The minimum Gasteiger partial charge on any atom is -0.427 e. The van der Waals surface area contributed by atoms with Crippen LogP contribution < -0.4 is 10.0 Å². The summed E-state index contributed by atoms with van der Waals surface area (Å²) in [6.07, 6.45) is 2.11. The SMILES string of the molecule is CPc1ccc(-c2ccc(OC(=O)CCCc3ccc(C)cc3)cc2)cc1. The van der Waals surface area contributed by atoms with Crippen LogP contribution in [0.15, 0.2) is 72.8 Å². The van der Waals surface area contributed by atoms with E-state index in [0.717, 1.165) is 27.0 Å². The van der Waals surface area contributed by atoms with Crippen molar-refractivity contribution < 1.29 is 9.53 Å². The maximum absolute atomic E-state index is 12.1. The Hall–Kier alpha value is -2.44. The van der Waals surface area contributed by atoms with Gasteiger partial charge in [-0.3, -0.25) is 4.79 Å². The van der Waals surface area contributed by atoms with E-state index < -0.39 is 0 Å². The highest BCUT2D eigenvalue weighted by molar-refractivity contribution is 7.46. The molecule has 0 fully saturated rings. The van der Waals surface area contributed by atoms with Crippen LogP contribution in [0.5, 0.6) is 5.75 Å². The summed E-state index contributed by atoms with van der Waals surface area (Å²) in [7, 11) is 0.811. The van der Waals surface area contributed by atoms with Crippen molar-refractivity contribution >= 4 is 19.9 Å². The second kappa shape index (κ2) is 9.48. The maximum Gasteiger partial charge on any atom is 0.311 e. The molecule has 1 atom stereocenters. The van der Waals surface area contributed by atoms with Gasteiger partial charge in [0.2, 0.25) is 0 Å². The summed E-state index contributed by atoms with van der Waals surface area (Å²) < 4.78 is 5.46. The van der Waals surface area contributed by atoms with Gasteiger partial charge in [-0.2, -0.15) is 0 Å². The average molecular weight is 376 g/mol. The molecule has 0 radical (unpaired) electrons. The molecule has 0 N–H and O–H groups in total. The molecule has 0 spiro atoms. The van der Waals surface area contributed by atoms with E-state index in [1.165, 1.54) is 22.0 Å². The van der Waals surface area contributed by atoms with Gasteiger partial charge in [-0.25, -0.2) is 0 Å². The molecule has 0 aliphatic heterocycles. The predicted octanol–water partition coefficient (Wildman–Crippen LogP) is 5.52. The van der Waals surface area contributed by atoms with E-state index in [1.54, 1.807) is 0 Å². The Bertz CT molecular complexity index is 866. The molecule has 2 nitrogen and oxygen atoms in total. The van der Waals surface area contributed by atoms with Gasteiger partial charge >= 0.3 is 5.97 Å². The van der Waals surface area contributed by atoms with E-state index in [2.05, 4.69) is 62.1 Å². The van der Waals surface area contributed by atoms with Gasteiger partial charge in [-0.1, -0.05) is 74.8 Å². The van der Waals surface area contributed by atoms with Crippen molar-refractivity contribution in [1.29, 1.82) is 0 Å². The zero-order valence-corrected chi connectivity index (χ0v) is 16.9. The molecule has 27 heavy (non-hydrogen) atoms. The lowest BCUT2D eigenvalue weighted by atomic mass is 10.1.